The number of amides is 1. The molecule has 0 bridgehead atoms. The van der Waals surface area contributed by atoms with Gasteiger partial charge in [0.15, 0.2) is 6.10 Å². The SMILES string of the molecule is CC(C)NS(=O)(=O)c1ccc(NC(=O)[C@@H](C)OC(=O)[C@H]2Cc3ccccc3C(=O)O2)cc1. The van der Waals surface area contributed by atoms with E-state index in [1.165, 1.54) is 31.2 Å². The van der Waals surface area contributed by atoms with Crippen molar-refractivity contribution < 1.29 is 32.3 Å². The van der Waals surface area contributed by atoms with E-state index in [0.717, 1.165) is 0 Å². The summed E-state index contributed by atoms with van der Waals surface area (Å²) in [6.07, 6.45) is -2.13. The number of fused-ring (bicyclic) bond motifs is 1. The van der Waals surface area contributed by atoms with Gasteiger partial charge in [-0.1, -0.05) is 18.2 Å². The Labute approximate surface area is 186 Å². The van der Waals surface area contributed by atoms with E-state index in [1.54, 1.807) is 38.1 Å². The molecule has 3 rings (SSSR count). The smallest absolute Gasteiger partial charge is 0.348 e. The predicted octanol–water partition coefficient (Wildman–Crippen LogP) is 2.03. The van der Waals surface area contributed by atoms with Crippen molar-refractivity contribution in [2.24, 2.45) is 0 Å². The number of benzene rings is 2. The maximum atomic E-state index is 12.4. The van der Waals surface area contributed by atoms with Crippen LogP contribution in [0.2, 0.25) is 0 Å². The van der Waals surface area contributed by atoms with Crippen molar-refractivity contribution in [2.45, 2.75) is 50.3 Å². The first-order chi connectivity index (χ1) is 15.1. The van der Waals surface area contributed by atoms with Crippen molar-refractivity contribution in [1.82, 2.24) is 4.72 Å². The van der Waals surface area contributed by atoms with Crippen molar-refractivity contribution >= 4 is 33.6 Å². The molecule has 32 heavy (non-hydrogen) atoms. The van der Waals surface area contributed by atoms with Crippen molar-refractivity contribution in [1.29, 1.82) is 0 Å². The maximum absolute atomic E-state index is 12.4. The molecule has 0 aliphatic carbocycles. The fraction of sp³-hybridized carbons (Fsp3) is 0.318. The molecule has 0 spiro atoms. The predicted molar refractivity (Wildman–Crippen MR) is 115 cm³/mol. The van der Waals surface area contributed by atoms with E-state index in [1.807, 2.05) is 0 Å². The minimum Gasteiger partial charge on any atom is -0.450 e. The number of carbonyl (C=O) groups is 3. The second-order valence-electron chi connectivity index (χ2n) is 7.62. The normalized spacial score (nSPS) is 16.6. The lowest BCUT2D eigenvalue weighted by molar-refractivity contribution is -0.162. The van der Waals surface area contributed by atoms with Crippen LogP contribution in [-0.2, 0) is 35.5 Å². The molecule has 2 aromatic carbocycles. The fourth-order valence-electron chi connectivity index (χ4n) is 3.11. The summed E-state index contributed by atoms with van der Waals surface area (Å²) in [5, 5.41) is 2.55. The highest BCUT2D eigenvalue weighted by Crippen LogP contribution is 2.22. The van der Waals surface area contributed by atoms with E-state index >= 15 is 0 Å². The van der Waals surface area contributed by atoms with Gasteiger partial charge in [0, 0.05) is 18.2 Å². The first-order valence-corrected chi connectivity index (χ1v) is 11.5. The van der Waals surface area contributed by atoms with Gasteiger partial charge in [0.25, 0.3) is 5.91 Å². The number of nitrogens with one attached hydrogen (secondary N) is 2. The lowest BCUT2D eigenvalue weighted by Gasteiger charge is -2.24. The molecule has 1 amide bonds. The summed E-state index contributed by atoms with van der Waals surface area (Å²) in [4.78, 5) is 36.9. The minimum absolute atomic E-state index is 0.0584. The molecule has 2 aromatic rings. The average molecular weight is 461 g/mol. The Kier molecular flexibility index (Phi) is 6.95. The second-order valence-corrected chi connectivity index (χ2v) is 9.34. The third-order valence-electron chi connectivity index (χ3n) is 4.64. The van der Waals surface area contributed by atoms with E-state index in [4.69, 9.17) is 9.47 Å². The Balaban J connectivity index is 1.58. The number of sulfonamides is 1. The van der Waals surface area contributed by atoms with Gasteiger partial charge in [-0.2, -0.15) is 0 Å². The van der Waals surface area contributed by atoms with Crippen LogP contribution in [0.15, 0.2) is 53.4 Å². The van der Waals surface area contributed by atoms with Gasteiger partial charge in [-0.05, 0) is 56.7 Å². The molecule has 1 heterocycles. The minimum atomic E-state index is -3.65. The van der Waals surface area contributed by atoms with Crippen LogP contribution in [0, 0.1) is 0 Å². The third-order valence-corrected chi connectivity index (χ3v) is 6.31. The summed E-state index contributed by atoms with van der Waals surface area (Å²) in [5.41, 5.74) is 1.40. The molecule has 0 aromatic heterocycles. The van der Waals surface area contributed by atoms with Gasteiger partial charge in [-0.15, -0.1) is 0 Å². The highest BCUT2D eigenvalue weighted by molar-refractivity contribution is 7.89. The molecule has 2 atom stereocenters. The molecule has 1 aliphatic heterocycles. The molecule has 0 fully saturated rings. The van der Waals surface area contributed by atoms with Crippen LogP contribution in [0.5, 0.6) is 0 Å². The third kappa shape index (κ3) is 5.51. The number of cyclic esters (lactones) is 1. The van der Waals surface area contributed by atoms with Crippen molar-refractivity contribution in [3.05, 3.63) is 59.7 Å². The van der Waals surface area contributed by atoms with E-state index in [-0.39, 0.29) is 17.4 Å². The number of hydrogen-bond donors (Lipinski definition) is 2. The molecule has 0 radical (unpaired) electrons. The van der Waals surface area contributed by atoms with Gasteiger partial charge in [-0.25, -0.2) is 22.7 Å². The largest absolute Gasteiger partial charge is 0.450 e. The molecule has 2 N–H and O–H groups in total. The molecule has 1 aliphatic rings. The zero-order valence-corrected chi connectivity index (χ0v) is 18.6. The second kappa shape index (κ2) is 9.49. The van der Waals surface area contributed by atoms with Gasteiger partial charge in [0.05, 0.1) is 10.5 Å². The van der Waals surface area contributed by atoms with Crippen LogP contribution in [0.3, 0.4) is 0 Å². The molecule has 170 valence electrons. The molecule has 10 heteroatoms. The standard InChI is InChI=1S/C22H24N2O7S/c1-13(2)24-32(28,29)17-10-8-16(9-11-17)23-20(25)14(3)30-22(27)19-12-15-6-4-5-7-18(15)21(26)31-19/h4-11,13-14,19,24H,12H2,1-3H3,(H,23,25)/t14-,19-/m1/s1. The highest BCUT2D eigenvalue weighted by Gasteiger charge is 2.34. The highest BCUT2D eigenvalue weighted by atomic mass is 32.2. The lowest BCUT2D eigenvalue weighted by atomic mass is 9.99. The Morgan fingerprint density at radius 3 is 2.38 bits per heavy atom. The number of hydrogen-bond acceptors (Lipinski definition) is 7. The van der Waals surface area contributed by atoms with Gasteiger partial charge < -0.3 is 14.8 Å². The number of esters is 2. The summed E-state index contributed by atoms with van der Waals surface area (Å²) in [6.45, 7) is 4.81. The molecular weight excluding hydrogens is 436 g/mol. The van der Waals surface area contributed by atoms with Crippen LogP contribution in [-0.4, -0.2) is 44.5 Å². The lowest BCUT2D eigenvalue weighted by Crippen LogP contribution is -2.39. The quantitative estimate of drug-likeness (QED) is 0.605. The topological polar surface area (TPSA) is 128 Å². The Hall–Kier alpha value is -3.24. The van der Waals surface area contributed by atoms with Gasteiger partial charge in [0.1, 0.15) is 0 Å². The summed E-state index contributed by atoms with van der Waals surface area (Å²) >= 11 is 0. The average Bonchev–Trinajstić information content (AvgIpc) is 2.73. The zero-order valence-electron chi connectivity index (χ0n) is 17.8. The van der Waals surface area contributed by atoms with Crippen LogP contribution in [0.1, 0.15) is 36.7 Å². The number of carbonyl (C=O) groups excluding carboxylic acids is 3. The Morgan fingerprint density at radius 1 is 1.06 bits per heavy atom. The van der Waals surface area contributed by atoms with E-state index < -0.39 is 40.1 Å². The summed E-state index contributed by atoms with van der Waals surface area (Å²) in [5.74, 6) is -2.05. The number of ether oxygens (including phenoxy) is 2. The first kappa shape index (κ1) is 23.4. The summed E-state index contributed by atoms with van der Waals surface area (Å²) in [6, 6.07) is 12.1. The molecular formula is C22H24N2O7S. The first-order valence-electron chi connectivity index (χ1n) is 9.99. The van der Waals surface area contributed by atoms with Crippen LogP contribution >= 0.6 is 0 Å². The van der Waals surface area contributed by atoms with E-state index in [9.17, 15) is 22.8 Å². The molecule has 0 saturated carbocycles. The van der Waals surface area contributed by atoms with Gasteiger partial charge in [0.2, 0.25) is 16.1 Å². The van der Waals surface area contributed by atoms with E-state index in [2.05, 4.69) is 10.0 Å². The summed E-state index contributed by atoms with van der Waals surface area (Å²) in [7, 11) is -3.65. The van der Waals surface area contributed by atoms with Gasteiger partial charge in [-0.3, -0.25) is 4.79 Å². The van der Waals surface area contributed by atoms with Crippen LogP contribution < -0.4 is 10.0 Å². The summed E-state index contributed by atoms with van der Waals surface area (Å²) < 4.78 is 37.1. The number of anilines is 1. The molecule has 0 unspecified atom stereocenters. The van der Waals surface area contributed by atoms with Crippen molar-refractivity contribution in [3.63, 3.8) is 0 Å². The fourth-order valence-corrected chi connectivity index (χ4v) is 4.36. The van der Waals surface area contributed by atoms with Crippen LogP contribution in [0.4, 0.5) is 5.69 Å². The Bertz CT molecular complexity index is 1130. The van der Waals surface area contributed by atoms with Gasteiger partial charge >= 0.3 is 11.9 Å². The van der Waals surface area contributed by atoms with E-state index in [0.29, 0.717) is 16.8 Å². The van der Waals surface area contributed by atoms with Crippen molar-refractivity contribution in [2.75, 3.05) is 5.32 Å². The van der Waals surface area contributed by atoms with Crippen molar-refractivity contribution in [3.8, 4) is 0 Å². The van der Waals surface area contributed by atoms with Crippen LogP contribution in [0.25, 0.3) is 0 Å². The monoisotopic (exact) mass is 460 g/mol. The zero-order chi connectivity index (χ0) is 23.5. The Morgan fingerprint density at radius 2 is 1.72 bits per heavy atom. The maximum Gasteiger partial charge on any atom is 0.348 e. The molecule has 0 saturated heterocycles. The number of rotatable bonds is 7. The molecule has 9 nitrogen and oxygen atoms in total.